The van der Waals surface area contributed by atoms with Crippen LogP contribution >= 0.6 is 22.6 Å². The molecule has 0 N–H and O–H groups in total. The first-order chi connectivity index (χ1) is 7.83. The number of ether oxygens (including phenoxy) is 2. The molecule has 1 aliphatic carbocycles. The molecule has 1 aromatic carbocycles. The summed E-state index contributed by atoms with van der Waals surface area (Å²) in [6.07, 6.45) is 2.92. The van der Waals surface area contributed by atoms with Crippen LogP contribution in [-0.4, -0.2) is 18.1 Å². The summed E-state index contributed by atoms with van der Waals surface area (Å²) >= 11 is 2.38. The van der Waals surface area contributed by atoms with Gasteiger partial charge in [0.25, 0.3) is 0 Å². The van der Waals surface area contributed by atoms with Gasteiger partial charge in [-0.15, -0.1) is 0 Å². The topological polar surface area (TPSA) is 18.5 Å². The van der Waals surface area contributed by atoms with Crippen molar-refractivity contribution in [2.24, 2.45) is 5.92 Å². The fourth-order valence-corrected chi connectivity index (χ4v) is 2.35. The second-order valence-corrected chi connectivity index (χ2v) is 5.07. The van der Waals surface area contributed by atoms with Crippen molar-refractivity contribution in [3.8, 4) is 5.75 Å². The van der Waals surface area contributed by atoms with Crippen LogP contribution in [0.15, 0.2) is 24.3 Å². The molecule has 1 atom stereocenters. The van der Waals surface area contributed by atoms with E-state index in [4.69, 9.17) is 9.47 Å². The summed E-state index contributed by atoms with van der Waals surface area (Å²) in [5.74, 6) is 1.72. The van der Waals surface area contributed by atoms with Crippen molar-refractivity contribution in [1.82, 2.24) is 0 Å². The van der Waals surface area contributed by atoms with E-state index in [-0.39, 0.29) is 6.10 Å². The van der Waals surface area contributed by atoms with Gasteiger partial charge in [-0.1, -0.05) is 34.7 Å². The summed E-state index contributed by atoms with van der Waals surface area (Å²) in [5.41, 5.74) is 1.25. The Labute approximate surface area is 110 Å². The van der Waals surface area contributed by atoms with Gasteiger partial charge in [0.05, 0.1) is 19.8 Å². The Morgan fingerprint density at radius 2 is 2.00 bits per heavy atom. The van der Waals surface area contributed by atoms with E-state index in [0.717, 1.165) is 22.7 Å². The third kappa shape index (κ3) is 3.35. The lowest BCUT2D eigenvalue weighted by atomic mass is 10.1. The number of hydrogen-bond donors (Lipinski definition) is 0. The fourth-order valence-electron chi connectivity index (χ4n) is 1.59. The van der Waals surface area contributed by atoms with Gasteiger partial charge in [0.2, 0.25) is 0 Å². The minimum absolute atomic E-state index is 0.229. The maximum absolute atomic E-state index is 5.93. The van der Waals surface area contributed by atoms with Crippen LogP contribution in [0, 0.1) is 5.92 Å². The van der Waals surface area contributed by atoms with Gasteiger partial charge >= 0.3 is 0 Å². The average Bonchev–Trinajstić information content (AvgIpc) is 3.15. The Kier molecular flexibility index (Phi) is 4.46. The summed E-state index contributed by atoms with van der Waals surface area (Å²) < 4.78 is 12.1. The number of benzene rings is 1. The molecule has 0 spiro atoms. The molecule has 0 aromatic heterocycles. The highest BCUT2D eigenvalue weighted by Gasteiger charge is 2.23. The zero-order valence-corrected chi connectivity index (χ0v) is 11.6. The highest BCUT2D eigenvalue weighted by Crippen LogP contribution is 2.31. The van der Waals surface area contributed by atoms with E-state index in [9.17, 15) is 0 Å². The molecule has 0 aliphatic heterocycles. The summed E-state index contributed by atoms with van der Waals surface area (Å²) in [7, 11) is 1.69. The van der Waals surface area contributed by atoms with Gasteiger partial charge < -0.3 is 9.47 Å². The summed E-state index contributed by atoms with van der Waals surface area (Å²) in [4.78, 5) is 0. The number of alkyl halides is 1. The van der Waals surface area contributed by atoms with E-state index >= 15 is 0 Å². The van der Waals surface area contributed by atoms with Gasteiger partial charge in [-0.25, -0.2) is 0 Å². The van der Waals surface area contributed by atoms with Crippen LogP contribution in [-0.2, 0) is 4.74 Å². The van der Waals surface area contributed by atoms with Gasteiger partial charge in [0.15, 0.2) is 0 Å². The van der Waals surface area contributed by atoms with Gasteiger partial charge in [0.1, 0.15) is 5.75 Å². The van der Waals surface area contributed by atoms with E-state index < -0.39 is 0 Å². The first-order valence-electron chi connectivity index (χ1n) is 5.65. The quantitative estimate of drug-likeness (QED) is 0.585. The van der Waals surface area contributed by atoms with Crippen molar-refractivity contribution in [1.29, 1.82) is 0 Å². The molecule has 0 heterocycles. The maximum Gasteiger partial charge on any atom is 0.118 e. The first kappa shape index (κ1) is 12.2. The second-order valence-electron chi connectivity index (χ2n) is 4.19. The lowest BCUT2D eigenvalue weighted by Crippen LogP contribution is -2.07. The van der Waals surface area contributed by atoms with Crippen LogP contribution in [0.4, 0.5) is 0 Å². The predicted molar refractivity (Wildman–Crippen MR) is 73.3 cm³/mol. The number of rotatable bonds is 6. The van der Waals surface area contributed by atoms with Gasteiger partial charge in [-0.2, -0.15) is 0 Å². The fraction of sp³-hybridized carbons (Fsp3) is 0.538. The summed E-state index contributed by atoms with van der Waals surface area (Å²) in [6.45, 7) is 0.916. The standard InChI is InChI=1S/C13H17IO2/c1-15-12-6-4-11(5-7-12)13(8-14)16-9-10-2-3-10/h4-7,10,13H,2-3,8-9H2,1H3. The van der Waals surface area contributed by atoms with Gasteiger partial charge in [0, 0.05) is 4.43 Å². The Bertz CT molecular complexity index is 319. The molecule has 0 saturated heterocycles. The largest absolute Gasteiger partial charge is 0.497 e. The Morgan fingerprint density at radius 1 is 1.31 bits per heavy atom. The third-order valence-corrected chi connectivity index (χ3v) is 3.66. The first-order valence-corrected chi connectivity index (χ1v) is 7.17. The van der Waals surface area contributed by atoms with Crippen molar-refractivity contribution in [2.45, 2.75) is 18.9 Å². The number of halogens is 1. The van der Waals surface area contributed by atoms with Crippen LogP contribution in [0.25, 0.3) is 0 Å². The van der Waals surface area contributed by atoms with Crippen molar-refractivity contribution in [2.75, 3.05) is 18.1 Å². The highest BCUT2D eigenvalue weighted by molar-refractivity contribution is 14.1. The molecule has 1 fully saturated rings. The summed E-state index contributed by atoms with van der Waals surface area (Å²) in [6, 6.07) is 8.17. The van der Waals surface area contributed by atoms with Gasteiger partial charge in [-0.3, -0.25) is 0 Å². The van der Waals surface area contributed by atoms with Crippen molar-refractivity contribution >= 4 is 22.6 Å². The number of hydrogen-bond acceptors (Lipinski definition) is 2. The zero-order valence-electron chi connectivity index (χ0n) is 9.49. The van der Waals surface area contributed by atoms with E-state index in [1.165, 1.54) is 18.4 Å². The van der Waals surface area contributed by atoms with Crippen molar-refractivity contribution < 1.29 is 9.47 Å². The van der Waals surface area contributed by atoms with Crippen LogP contribution in [0.3, 0.4) is 0 Å². The van der Waals surface area contributed by atoms with Crippen molar-refractivity contribution in [3.05, 3.63) is 29.8 Å². The highest BCUT2D eigenvalue weighted by atomic mass is 127. The van der Waals surface area contributed by atoms with E-state index in [1.54, 1.807) is 7.11 Å². The van der Waals surface area contributed by atoms with Crippen LogP contribution < -0.4 is 4.74 Å². The molecule has 0 radical (unpaired) electrons. The Balaban J connectivity index is 1.94. The SMILES string of the molecule is COc1ccc(C(CI)OCC2CC2)cc1. The molecule has 2 rings (SSSR count). The normalized spacial score (nSPS) is 17.1. The van der Waals surface area contributed by atoms with Crippen LogP contribution in [0.2, 0.25) is 0 Å². The third-order valence-electron chi connectivity index (χ3n) is 2.86. The van der Waals surface area contributed by atoms with Gasteiger partial charge in [-0.05, 0) is 36.5 Å². The lowest BCUT2D eigenvalue weighted by molar-refractivity contribution is 0.0629. The van der Waals surface area contributed by atoms with E-state index in [0.29, 0.717) is 0 Å². The zero-order chi connectivity index (χ0) is 11.4. The maximum atomic E-state index is 5.93. The molecule has 1 saturated carbocycles. The Morgan fingerprint density at radius 3 is 2.50 bits per heavy atom. The molecule has 1 aliphatic rings. The predicted octanol–water partition coefficient (Wildman–Crippen LogP) is 3.60. The molecule has 1 unspecified atom stereocenters. The smallest absolute Gasteiger partial charge is 0.118 e. The van der Waals surface area contributed by atoms with E-state index in [1.807, 2.05) is 12.1 Å². The molecule has 0 amide bonds. The number of methoxy groups -OCH3 is 1. The molecule has 2 nitrogen and oxygen atoms in total. The minimum Gasteiger partial charge on any atom is -0.497 e. The molecule has 3 heteroatoms. The van der Waals surface area contributed by atoms with Crippen molar-refractivity contribution in [3.63, 3.8) is 0 Å². The lowest BCUT2D eigenvalue weighted by Gasteiger charge is -2.16. The monoisotopic (exact) mass is 332 g/mol. The molecule has 1 aromatic rings. The molecular weight excluding hydrogens is 315 g/mol. The van der Waals surface area contributed by atoms with Crippen LogP contribution in [0.1, 0.15) is 24.5 Å². The van der Waals surface area contributed by atoms with Crippen LogP contribution in [0.5, 0.6) is 5.75 Å². The average molecular weight is 332 g/mol. The second kappa shape index (κ2) is 5.87. The molecule has 0 bridgehead atoms. The minimum atomic E-state index is 0.229. The molecule has 88 valence electrons. The van der Waals surface area contributed by atoms with E-state index in [2.05, 4.69) is 34.7 Å². The Hall–Kier alpha value is -0.290. The molecule has 16 heavy (non-hydrogen) atoms. The summed E-state index contributed by atoms with van der Waals surface area (Å²) in [5, 5.41) is 0. The molecular formula is C13H17IO2.